The van der Waals surface area contributed by atoms with Crippen LogP contribution in [0.3, 0.4) is 0 Å². The van der Waals surface area contributed by atoms with Gasteiger partial charge in [-0.05, 0) is 59.2 Å². The van der Waals surface area contributed by atoms with Gasteiger partial charge in [0, 0.05) is 17.6 Å². The topological polar surface area (TPSA) is 59.2 Å². The Morgan fingerprint density at radius 2 is 1.74 bits per heavy atom. The van der Waals surface area contributed by atoms with Crippen molar-refractivity contribution in [2.45, 2.75) is 24.3 Å². The molecule has 0 aliphatic heterocycles. The zero-order valence-corrected chi connectivity index (χ0v) is 17.5. The molecule has 27 heavy (non-hydrogen) atoms. The number of amides is 1. The molecule has 3 aromatic rings. The third kappa shape index (κ3) is 4.59. The van der Waals surface area contributed by atoms with Crippen molar-refractivity contribution in [1.29, 1.82) is 0 Å². The van der Waals surface area contributed by atoms with Crippen LogP contribution in [0.5, 0.6) is 0 Å². The van der Waals surface area contributed by atoms with Crippen LogP contribution in [0.2, 0.25) is 0 Å². The van der Waals surface area contributed by atoms with Crippen LogP contribution in [-0.4, -0.2) is 34.1 Å². The van der Waals surface area contributed by atoms with Crippen LogP contribution in [0.1, 0.15) is 24.7 Å². The Hall–Kier alpha value is -2.12. The highest BCUT2D eigenvalue weighted by molar-refractivity contribution is 9.10. The number of hydrogen-bond acceptors (Lipinski definition) is 5. The van der Waals surface area contributed by atoms with Crippen LogP contribution < -0.4 is 0 Å². The molecule has 3 rings (SSSR count). The van der Waals surface area contributed by atoms with Gasteiger partial charge in [0.1, 0.15) is 5.25 Å². The average molecular weight is 446 g/mol. The molecule has 0 spiro atoms. The predicted molar refractivity (Wildman–Crippen MR) is 110 cm³/mol. The molecule has 0 bridgehead atoms. The molecular formula is C20H20BrN3O2S. The van der Waals surface area contributed by atoms with E-state index in [4.69, 9.17) is 4.42 Å². The number of carbonyl (C=O) groups is 1. The Balaban J connectivity index is 1.89. The maximum Gasteiger partial charge on any atom is 0.277 e. The zero-order valence-electron chi connectivity index (χ0n) is 15.1. The molecule has 0 fully saturated rings. The van der Waals surface area contributed by atoms with E-state index in [0.717, 1.165) is 15.6 Å². The van der Waals surface area contributed by atoms with Crippen molar-refractivity contribution in [3.05, 3.63) is 64.6 Å². The van der Waals surface area contributed by atoms with E-state index < -0.39 is 5.25 Å². The Morgan fingerprint density at radius 1 is 1.07 bits per heavy atom. The average Bonchev–Trinajstić information content (AvgIpc) is 3.16. The van der Waals surface area contributed by atoms with E-state index in [1.807, 2.05) is 73.3 Å². The number of thioether (sulfide) groups is 1. The smallest absolute Gasteiger partial charge is 0.277 e. The Morgan fingerprint density at radius 3 is 2.41 bits per heavy atom. The highest BCUT2D eigenvalue weighted by Gasteiger charge is 2.28. The Kier molecular flexibility index (Phi) is 6.68. The number of hydrogen-bond donors (Lipinski definition) is 0. The van der Waals surface area contributed by atoms with E-state index in [9.17, 15) is 4.79 Å². The second-order valence-corrected chi connectivity index (χ2v) is 7.68. The van der Waals surface area contributed by atoms with Crippen molar-refractivity contribution >= 4 is 33.6 Å². The number of carbonyl (C=O) groups excluding carboxylic acids is 1. The van der Waals surface area contributed by atoms with Crippen molar-refractivity contribution in [3.63, 3.8) is 0 Å². The molecule has 0 radical (unpaired) electrons. The summed E-state index contributed by atoms with van der Waals surface area (Å²) in [6.45, 7) is 5.27. The van der Waals surface area contributed by atoms with E-state index >= 15 is 0 Å². The van der Waals surface area contributed by atoms with Crippen molar-refractivity contribution in [2.24, 2.45) is 0 Å². The number of benzene rings is 2. The standard InChI is InChI=1S/C20H20BrN3O2S/c1-3-24(4-2)19(25)17(14-10-6-5-7-11-14)27-20-23-22-18(26-20)15-12-8-9-13-16(15)21/h5-13,17H,3-4H2,1-2H3/t17-/m1/s1. The summed E-state index contributed by atoms with van der Waals surface area (Å²) < 4.78 is 6.72. The minimum absolute atomic E-state index is 0.0387. The quantitative estimate of drug-likeness (QED) is 0.467. The maximum atomic E-state index is 13.0. The molecule has 0 unspecified atom stereocenters. The molecule has 140 valence electrons. The van der Waals surface area contributed by atoms with Crippen molar-refractivity contribution in [3.8, 4) is 11.5 Å². The van der Waals surface area contributed by atoms with Gasteiger partial charge >= 0.3 is 0 Å². The first-order valence-electron chi connectivity index (χ1n) is 8.72. The molecule has 0 aliphatic carbocycles. The monoisotopic (exact) mass is 445 g/mol. The summed E-state index contributed by atoms with van der Waals surface area (Å²) in [4.78, 5) is 14.9. The summed E-state index contributed by atoms with van der Waals surface area (Å²) in [5.41, 5.74) is 1.74. The van der Waals surface area contributed by atoms with Gasteiger partial charge in [-0.1, -0.05) is 42.5 Å². The summed E-state index contributed by atoms with van der Waals surface area (Å²) in [5.74, 6) is 0.462. The van der Waals surface area contributed by atoms with Gasteiger partial charge in [-0.15, -0.1) is 10.2 Å². The second kappa shape index (κ2) is 9.19. The van der Waals surface area contributed by atoms with E-state index in [1.165, 1.54) is 11.8 Å². The summed E-state index contributed by atoms with van der Waals surface area (Å²) in [6, 6.07) is 17.4. The van der Waals surface area contributed by atoms with E-state index in [-0.39, 0.29) is 5.91 Å². The first-order chi connectivity index (χ1) is 13.1. The Bertz CT molecular complexity index is 897. The fraction of sp³-hybridized carbons (Fsp3) is 0.250. The first-order valence-corrected chi connectivity index (χ1v) is 10.4. The van der Waals surface area contributed by atoms with E-state index in [0.29, 0.717) is 24.2 Å². The van der Waals surface area contributed by atoms with Crippen LogP contribution in [0, 0.1) is 0 Å². The zero-order chi connectivity index (χ0) is 19.2. The summed E-state index contributed by atoms with van der Waals surface area (Å²) in [6.07, 6.45) is 0. The minimum Gasteiger partial charge on any atom is -0.411 e. The van der Waals surface area contributed by atoms with Crippen molar-refractivity contribution in [1.82, 2.24) is 15.1 Å². The lowest BCUT2D eigenvalue weighted by Gasteiger charge is -2.24. The molecule has 7 heteroatoms. The fourth-order valence-electron chi connectivity index (χ4n) is 2.69. The van der Waals surface area contributed by atoms with E-state index in [2.05, 4.69) is 26.1 Å². The fourth-order valence-corrected chi connectivity index (χ4v) is 4.11. The number of likely N-dealkylation sites (N-methyl/N-ethyl adjacent to an activating group) is 1. The maximum absolute atomic E-state index is 13.0. The van der Waals surface area contributed by atoms with E-state index in [1.54, 1.807) is 0 Å². The van der Waals surface area contributed by atoms with Gasteiger partial charge in [-0.3, -0.25) is 4.79 Å². The first kappa shape index (κ1) is 19.6. The van der Waals surface area contributed by atoms with Crippen LogP contribution in [0.15, 0.2) is 68.7 Å². The Labute approximate surface area is 171 Å². The number of nitrogens with zero attached hydrogens (tertiary/aromatic N) is 3. The molecule has 0 aliphatic rings. The van der Waals surface area contributed by atoms with Gasteiger partial charge in [0.25, 0.3) is 5.22 Å². The molecule has 2 aromatic carbocycles. The molecule has 0 saturated carbocycles. The summed E-state index contributed by atoms with van der Waals surface area (Å²) in [7, 11) is 0. The van der Waals surface area contributed by atoms with Gasteiger partial charge in [0.15, 0.2) is 0 Å². The van der Waals surface area contributed by atoms with Gasteiger partial charge in [0.2, 0.25) is 11.8 Å². The second-order valence-electron chi connectivity index (χ2n) is 5.77. The molecule has 1 atom stereocenters. The molecule has 1 amide bonds. The number of halogens is 1. The molecule has 1 aromatic heterocycles. The normalized spacial score (nSPS) is 12.0. The molecular weight excluding hydrogens is 426 g/mol. The summed E-state index contributed by atoms with van der Waals surface area (Å²) >= 11 is 4.78. The van der Waals surface area contributed by atoms with Gasteiger partial charge in [-0.25, -0.2) is 0 Å². The van der Waals surface area contributed by atoms with Gasteiger partial charge in [0.05, 0.1) is 5.56 Å². The number of rotatable bonds is 7. The molecule has 0 N–H and O–H groups in total. The van der Waals surface area contributed by atoms with Crippen LogP contribution in [0.25, 0.3) is 11.5 Å². The van der Waals surface area contributed by atoms with Gasteiger partial charge < -0.3 is 9.32 Å². The molecule has 1 heterocycles. The van der Waals surface area contributed by atoms with Crippen molar-refractivity contribution < 1.29 is 9.21 Å². The summed E-state index contributed by atoms with van der Waals surface area (Å²) in [5, 5.41) is 8.23. The van der Waals surface area contributed by atoms with Crippen LogP contribution >= 0.6 is 27.7 Å². The third-order valence-electron chi connectivity index (χ3n) is 4.13. The number of aromatic nitrogens is 2. The van der Waals surface area contributed by atoms with Crippen LogP contribution in [0.4, 0.5) is 0 Å². The lowest BCUT2D eigenvalue weighted by atomic mass is 10.1. The largest absolute Gasteiger partial charge is 0.411 e. The third-order valence-corrected chi connectivity index (χ3v) is 5.90. The lowest BCUT2D eigenvalue weighted by Crippen LogP contribution is -2.33. The highest BCUT2D eigenvalue weighted by atomic mass is 79.9. The lowest BCUT2D eigenvalue weighted by molar-refractivity contribution is -0.130. The molecule has 5 nitrogen and oxygen atoms in total. The predicted octanol–water partition coefficient (Wildman–Crippen LogP) is 5.20. The van der Waals surface area contributed by atoms with Crippen molar-refractivity contribution in [2.75, 3.05) is 13.1 Å². The highest BCUT2D eigenvalue weighted by Crippen LogP contribution is 2.37. The van der Waals surface area contributed by atoms with Gasteiger partial charge in [-0.2, -0.15) is 0 Å². The van der Waals surface area contributed by atoms with Crippen LogP contribution in [-0.2, 0) is 4.79 Å². The SMILES string of the molecule is CCN(CC)C(=O)[C@H](Sc1nnc(-c2ccccc2Br)o1)c1ccccc1. The molecule has 0 saturated heterocycles. The minimum atomic E-state index is -0.432.